The third kappa shape index (κ3) is 5.14. The predicted molar refractivity (Wildman–Crippen MR) is 270 cm³/mol. The minimum Gasteiger partial charge on any atom is -0.454 e. The molecular formula is C58H32N6OS. The number of para-hydroxylation sites is 4. The van der Waals surface area contributed by atoms with Gasteiger partial charge in [-0.1, -0.05) is 152 Å². The molecule has 0 fully saturated rings. The summed E-state index contributed by atoms with van der Waals surface area (Å²) in [5.41, 5.74) is 10.2. The average Bonchev–Trinajstić information content (AvgIpc) is 4.15. The van der Waals surface area contributed by atoms with Crippen molar-refractivity contribution in [3.8, 4) is 51.6 Å². The number of aromatic nitrogens is 5. The predicted octanol–water partition coefficient (Wildman–Crippen LogP) is 15.2. The fourth-order valence-electron chi connectivity index (χ4n) is 10.3. The first-order valence-corrected chi connectivity index (χ1v) is 22.7. The summed E-state index contributed by atoms with van der Waals surface area (Å²) in [6.07, 6.45) is 0. The second-order valence-electron chi connectivity index (χ2n) is 16.6. The Morgan fingerprint density at radius 2 is 0.985 bits per heavy atom. The number of benzene rings is 9. The third-order valence-electron chi connectivity index (χ3n) is 13.0. The van der Waals surface area contributed by atoms with Crippen molar-refractivity contribution in [2.75, 3.05) is 0 Å². The monoisotopic (exact) mass is 860 g/mol. The number of nitriles is 1. The number of nitrogens with zero attached hydrogens (tertiary/aromatic N) is 6. The molecule has 0 aliphatic heterocycles. The quantitative estimate of drug-likeness (QED) is 0.172. The Kier molecular flexibility index (Phi) is 7.79. The molecule has 14 rings (SSSR count). The first-order chi connectivity index (χ1) is 32.7. The fraction of sp³-hybridized carbons (Fsp3) is 0. The zero-order chi connectivity index (χ0) is 43.5. The van der Waals surface area contributed by atoms with Crippen LogP contribution in [0.1, 0.15) is 5.56 Å². The standard InChI is InChI=1S/C58H32N6OS/c59-33-36-32-44(54-48(40-26-12-16-30-45(40)65-54)47(36)58-61-56(34-18-4-1-5-19-34)60-57(62-58)35-20-6-2-7-21-35)64-43-29-15-10-24-38(43)49-52-50(55-51(53(49)64)41-27-13-17-31-46(41)66-55)39-25-11-14-28-42(39)63(52)37-22-8-3-9-23-37/h1-32H. The summed E-state index contributed by atoms with van der Waals surface area (Å²) < 4.78 is 14.3. The molecule has 0 saturated carbocycles. The molecule has 9 aromatic carbocycles. The van der Waals surface area contributed by atoms with Crippen molar-refractivity contribution in [1.82, 2.24) is 24.1 Å². The van der Waals surface area contributed by atoms with Crippen molar-refractivity contribution in [3.63, 3.8) is 0 Å². The molecule has 306 valence electrons. The van der Waals surface area contributed by atoms with Crippen LogP contribution in [0.2, 0.25) is 0 Å². The van der Waals surface area contributed by atoms with Gasteiger partial charge in [0.1, 0.15) is 5.58 Å². The molecule has 0 bridgehead atoms. The summed E-state index contributed by atoms with van der Waals surface area (Å²) in [7, 11) is 0. The summed E-state index contributed by atoms with van der Waals surface area (Å²) in [5, 5.41) is 20.1. The third-order valence-corrected chi connectivity index (χ3v) is 14.2. The van der Waals surface area contributed by atoms with Crippen LogP contribution < -0.4 is 0 Å². The average molecular weight is 861 g/mol. The lowest BCUT2D eigenvalue weighted by Gasteiger charge is -2.15. The van der Waals surface area contributed by atoms with E-state index in [0.29, 0.717) is 39.8 Å². The normalized spacial score (nSPS) is 11.9. The Morgan fingerprint density at radius 3 is 1.67 bits per heavy atom. The molecule has 0 atom stereocenters. The zero-order valence-corrected chi connectivity index (χ0v) is 35.8. The molecule has 0 amide bonds. The van der Waals surface area contributed by atoms with Crippen molar-refractivity contribution in [2.45, 2.75) is 0 Å². The summed E-state index contributed by atoms with van der Waals surface area (Å²) >= 11 is 1.83. The van der Waals surface area contributed by atoms with Gasteiger partial charge in [-0.2, -0.15) is 5.26 Å². The van der Waals surface area contributed by atoms with E-state index in [1.807, 2.05) is 96.3 Å². The molecule has 0 aliphatic rings. The van der Waals surface area contributed by atoms with Crippen LogP contribution in [0, 0.1) is 11.3 Å². The first-order valence-electron chi connectivity index (χ1n) is 21.8. The van der Waals surface area contributed by atoms with Gasteiger partial charge in [-0.25, -0.2) is 15.0 Å². The maximum Gasteiger partial charge on any atom is 0.166 e. The van der Waals surface area contributed by atoms with Crippen molar-refractivity contribution in [2.24, 2.45) is 0 Å². The van der Waals surface area contributed by atoms with Crippen molar-refractivity contribution < 1.29 is 4.42 Å². The van der Waals surface area contributed by atoms with E-state index >= 15 is 0 Å². The number of furan rings is 1. The molecule has 0 aliphatic carbocycles. The van der Waals surface area contributed by atoms with Gasteiger partial charge in [-0.3, -0.25) is 0 Å². The molecule has 5 heterocycles. The van der Waals surface area contributed by atoms with E-state index in [0.717, 1.165) is 71.5 Å². The Bertz CT molecular complexity index is 4290. The van der Waals surface area contributed by atoms with Gasteiger partial charge in [0.05, 0.1) is 39.4 Å². The van der Waals surface area contributed by atoms with Crippen molar-refractivity contribution in [3.05, 3.63) is 200 Å². The highest BCUT2D eigenvalue weighted by atomic mass is 32.1. The SMILES string of the molecule is N#Cc1cc(-n2c3ccccc3c3c4c(c5ccccc5n4-c4ccccc4)c4sc5ccccc5c4c32)c2oc3ccccc3c2c1-c1nc(-c2ccccc2)nc(-c2ccccc2)n1. The van der Waals surface area contributed by atoms with E-state index in [2.05, 4.69) is 124 Å². The van der Waals surface area contributed by atoms with Gasteiger partial charge in [-0.05, 0) is 42.5 Å². The zero-order valence-electron chi connectivity index (χ0n) is 35.0. The molecule has 7 nitrogen and oxygen atoms in total. The molecular weight excluding hydrogens is 829 g/mol. The van der Waals surface area contributed by atoms with Crippen LogP contribution in [0.25, 0.3) is 131 Å². The highest BCUT2D eigenvalue weighted by Crippen LogP contribution is 2.52. The molecule has 0 spiro atoms. The number of fused-ring (bicyclic) bond motifs is 15. The molecule has 14 aromatic rings. The lowest BCUT2D eigenvalue weighted by molar-refractivity contribution is 0.666. The van der Waals surface area contributed by atoms with Gasteiger partial charge in [0, 0.05) is 74.9 Å². The van der Waals surface area contributed by atoms with Gasteiger partial charge in [0.2, 0.25) is 0 Å². The van der Waals surface area contributed by atoms with Crippen LogP contribution in [0.5, 0.6) is 0 Å². The van der Waals surface area contributed by atoms with E-state index in [1.165, 1.54) is 25.6 Å². The van der Waals surface area contributed by atoms with Crippen LogP contribution >= 0.6 is 11.3 Å². The fourth-order valence-corrected chi connectivity index (χ4v) is 11.5. The number of hydrogen-bond acceptors (Lipinski definition) is 6. The topological polar surface area (TPSA) is 85.5 Å². The first kappa shape index (κ1) is 36.6. The molecule has 0 N–H and O–H groups in total. The minimum absolute atomic E-state index is 0.393. The molecule has 0 saturated heterocycles. The van der Waals surface area contributed by atoms with Crippen LogP contribution in [0.4, 0.5) is 0 Å². The van der Waals surface area contributed by atoms with E-state index in [4.69, 9.17) is 19.4 Å². The van der Waals surface area contributed by atoms with Gasteiger partial charge in [0.15, 0.2) is 23.1 Å². The van der Waals surface area contributed by atoms with Gasteiger partial charge < -0.3 is 13.6 Å². The van der Waals surface area contributed by atoms with Crippen molar-refractivity contribution in [1.29, 1.82) is 5.26 Å². The van der Waals surface area contributed by atoms with Crippen LogP contribution in [-0.2, 0) is 0 Å². The lowest BCUT2D eigenvalue weighted by Crippen LogP contribution is -2.03. The van der Waals surface area contributed by atoms with Gasteiger partial charge in [0.25, 0.3) is 0 Å². The van der Waals surface area contributed by atoms with Crippen LogP contribution in [0.3, 0.4) is 0 Å². The number of thiophene rings is 1. The van der Waals surface area contributed by atoms with Crippen LogP contribution in [0.15, 0.2) is 199 Å². The number of rotatable bonds is 5. The Hall–Kier alpha value is -8.90. The van der Waals surface area contributed by atoms with Gasteiger partial charge >= 0.3 is 0 Å². The highest BCUT2D eigenvalue weighted by Gasteiger charge is 2.30. The summed E-state index contributed by atoms with van der Waals surface area (Å²) in [4.78, 5) is 15.3. The highest BCUT2D eigenvalue weighted by molar-refractivity contribution is 7.27. The largest absolute Gasteiger partial charge is 0.454 e. The van der Waals surface area contributed by atoms with E-state index in [1.54, 1.807) is 0 Å². The molecule has 0 radical (unpaired) electrons. The minimum atomic E-state index is 0.393. The Balaban J connectivity index is 1.19. The second-order valence-corrected chi connectivity index (χ2v) is 17.6. The maximum atomic E-state index is 11.5. The second kappa shape index (κ2) is 14.1. The van der Waals surface area contributed by atoms with Gasteiger partial charge in [-0.15, -0.1) is 11.3 Å². The Labute approximate surface area is 380 Å². The van der Waals surface area contributed by atoms with E-state index < -0.39 is 0 Å². The molecule has 66 heavy (non-hydrogen) atoms. The van der Waals surface area contributed by atoms with E-state index in [9.17, 15) is 5.26 Å². The molecule has 5 aromatic heterocycles. The smallest absolute Gasteiger partial charge is 0.166 e. The molecule has 8 heteroatoms. The molecule has 0 unspecified atom stereocenters. The summed E-state index contributed by atoms with van der Waals surface area (Å²) in [6, 6.07) is 69.3. The maximum absolute atomic E-state index is 11.5. The van der Waals surface area contributed by atoms with Crippen LogP contribution in [-0.4, -0.2) is 24.1 Å². The summed E-state index contributed by atoms with van der Waals surface area (Å²) in [5.74, 6) is 1.42. The van der Waals surface area contributed by atoms with Crippen molar-refractivity contribution >= 4 is 97.1 Å². The Morgan fingerprint density at radius 1 is 0.470 bits per heavy atom. The number of hydrogen-bond donors (Lipinski definition) is 0. The lowest BCUT2D eigenvalue weighted by atomic mass is 9.98. The summed E-state index contributed by atoms with van der Waals surface area (Å²) in [6.45, 7) is 0. The van der Waals surface area contributed by atoms with E-state index in [-0.39, 0.29) is 0 Å².